The molecule has 0 amide bonds. The van der Waals surface area contributed by atoms with Gasteiger partial charge < -0.3 is 5.73 Å². The van der Waals surface area contributed by atoms with Crippen molar-refractivity contribution in [2.75, 3.05) is 13.1 Å². The monoisotopic (exact) mass is 278 g/mol. The number of aryl methyl sites for hydroxylation is 1. The molecule has 17 heavy (non-hydrogen) atoms. The molecule has 0 atom stereocenters. The van der Waals surface area contributed by atoms with E-state index < -0.39 is 0 Å². The number of rotatable bonds is 2. The third kappa shape index (κ3) is 5.17. The Morgan fingerprint density at radius 1 is 1.24 bits per heavy atom. The largest absolute Gasteiger partial charge is 0.328 e. The fourth-order valence-electron chi connectivity index (χ4n) is 1.84. The van der Waals surface area contributed by atoms with Gasteiger partial charge in [0.2, 0.25) is 0 Å². The molecular weight excluding hydrogens is 259 g/mol. The smallest absolute Gasteiger partial charge is 0.0727 e. The molecule has 1 aliphatic rings. The number of hydrogen-bond acceptors (Lipinski definition) is 4. The highest BCUT2D eigenvalue weighted by Crippen LogP contribution is 2.10. The maximum Gasteiger partial charge on any atom is 0.0727 e. The van der Waals surface area contributed by atoms with Crippen LogP contribution in [-0.2, 0) is 6.54 Å². The van der Waals surface area contributed by atoms with Gasteiger partial charge in [-0.25, -0.2) is 0 Å². The highest BCUT2D eigenvalue weighted by atomic mass is 35.5. The Hall–Kier alpha value is -0.420. The lowest BCUT2D eigenvalue weighted by atomic mass is 10.1. The second-order valence-electron chi connectivity index (χ2n) is 4.26. The Labute approximate surface area is 115 Å². The van der Waals surface area contributed by atoms with Gasteiger partial charge in [0.1, 0.15) is 0 Å². The van der Waals surface area contributed by atoms with E-state index in [1.54, 1.807) is 0 Å². The Bertz CT molecular complexity index is 310. The molecule has 0 unspecified atom stereocenters. The summed E-state index contributed by atoms with van der Waals surface area (Å²) in [5.41, 5.74) is 7.88. The Morgan fingerprint density at radius 2 is 1.88 bits per heavy atom. The molecule has 1 aliphatic heterocycles. The van der Waals surface area contributed by atoms with Gasteiger partial charge in [0, 0.05) is 38.1 Å². The number of halogens is 2. The lowest BCUT2D eigenvalue weighted by Crippen LogP contribution is -2.39. The van der Waals surface area contributed by atoms with Gasteiger partial charge in [-0.05, 0) is 19.8 Å². The summed E-state index contributed by atoms with van der Waals surface area (Å²) >= 11 is 0. The van der Waals surface area contributed by atoms with Crippen molar-refractivity contribution in [2.45, 2.75) is 32.4 Å². The maximum absolute atomic E-state index is 5.86. The van der Waals surface area contributed by atoms with E-state index in [1.807, 2.05) is 19.3 Å². The van der Waals surface area contributed by atoms with Crippen LogP contribution in [0.2, 0.25) is 0 Å². The summed E-state index contributed by atoms with van der Waals surface area (Å²) in [5, 5.41) is 0. The van der Waals surface area contributed by atoms with Crippen LogP contribution in [-0.4, -0.2) is 34.0 Å². The summed E-state index contributed by atoms with van der Waals surface area (Å²) in [5.74, 6) is 0. The Balaban J connectivity index is 0.00000128. The fraction of sp³-hybridized carbons (Fsp3) is 0.636. The molecule has 2 rings (SSSR count). The summed E-state index contributed by atoms with van der Waals surface area (Å²) < 4.78 is 0. The standard InChI is InChI=1S/C11H18N4.2ClH/c1-9-6-14-11(7-13-9)8-15-4-2-10(12)3-5-15;;/h6-7,10H,2-5,8,12H2,1H3;2*1H. The molecule has 0 bridgehead atoms. The van der Waals surface area contributed by atoms with E-state index in [2.05, 4.69) is 14.9 Å². The average molecular weight is 279 g/mol. The van der Waals surface area contributed by atoms with Gasteiger partial charge in [-0.3, -0.25) is 14.9 Å². The van der Waals surface area contributed by atoms with Gasteiger partial charge in [-0.2, -0.15) is 0 Å². The van der Waals surface area contributed by atoms with Crippen LogP contribution in [0.1, 0.15) is 24.2 Å². The van der Waals surface area contributed by atoms with Crippen molar-refractivity contribution in [3.8, 4) is 0 Å². The molecule has 0 aliphatic carbocycles. The molecule has 4 nitrogen and oxygen atoms in total. The molecule has 98 valence electrons. The molecule has 1 aromatic rings. The average Bonchev–Trinajstić information content (AvgIpc) is 2.25. The van der Waals surface area contributed by atoms with Crippen LogP contribution in [0.25, 0.3) is 0 Å². The zero-order chi connectivity index (χ0) is 10.7. The molecule has 2 heterocycles. The summed E-state index contributed by atoms with van der Waals surface area (Å²) in [6.45, 7) is 5.02. The van der Waals surface area contributed by atoms with Gasteiger partial charge in [-0.15, -0.1) is 24.8 Å². The second kappa shape index (κ2) is 7.82. The first kappa shape index (κ1) is 16.6. The first-order valence-electron chi connectivity index (χ1n) is 5.49. The number of aromatic nitrogens is 2. The number of nitrogens with two attached hydrogens (primary N) is 1. The summed E-state index contributed by atoms with van der Waals surface area (Å²) in [6, 6.07) is 0.394. The van der Waals surface area contributed by atoms with Gasteiger partial charge in [-0.1, -0.05) is 0 Å². The van der Waals surface area contributed by atoms with E-state index in [1.165, 1.54) is 0 Å². The van der Waals surface area contributed by atoms with Crippen LogP contribution >= 0.6 is 24.8 Å². The van der Waals surface area contributed by atoms with Crippen molar-refractivity contribution < 1.29 is 0 Å². The highest BCUT2D eigenvalue weighted by Gasteiger charge is 2.16. The van der Waals surface area contributed by atoms with Gasteiger partial charge in [0.25, 0.3) is 0 Å². The molecule has 0 radical (unpaired) electrons. The van der Waals surface area contributed by atoms with E-state index in [0.717, 1.165) is 43.9 Å². The maximum atomic E-state index is 5.86. The predicted octanol–water partition coefficient (Wildman–Crippen LogP) is 1.55. The SMILES string of the molecule is Cc1cnc(CN2CCC(N)CC2)cn1.Cl.Cl. The minimum absolute atomic E-state index is 0. The van der Waals surface area contributed by atoms with Gasteiger partial charge >= 0.3 is 0 Å². The van der Waals surface area contributed by atoms with Crippen molar-refractivity contribution in [2.24, 2.45) is 5.73 Å². The molecule has 0 spiro atoms. The lowest BCUT2D eigenvalue weighted by molar-refractivity contribution is 0.203. The molecule has 6 heteroatoms. The van der Waals surface area contributed by atoms with Crippen molar-refractivity contribution in [3.05, 3.63) is 23.8 Å². The zero-order valence-electron chi connectivity index (χ0n) is 10.0. The van der Waals surface area contributed by atoms with E-state index in [-0.39, 0.29) is 24.8 Å². The number of nitrogens with zero attached hydrogens (tertiary/aromatic N) is 3. The molecule has 2 N–H and O–H groups in total. The molecule has 1 fully saturated rings. The molecule has 0 saturated carbocycles. The number of hydrogen-bond donors (Lipinski definition) is 1. The van der Waals surface area contributed by atoms with E-state index >= 15 is 0 Å². The highest BCUT2D eigenvalue weighted by molar-refractivity contribution is 5.85. The quantitative estimate of drug-likeness (QED) is 0.892. The molecular formula is C11H20Cl2N4. The topological polar surface area (TPSA) is 55.0 Å². The van der Waals surface area contributed by atoms with Crippen LogP contribution in [0.15, 0.2) is 12.4 Å². The molecule has 0 aromatic carbocycles. The van der Waals surface area contributed by atoms with Gasteiger partial charge in [0.05, 0.1) is 11.4 Å². The minimum Gasteiger partial charge on any atom is -0.328 e. The third-order valence-electron chi connectivity index (χ3n) is 2.85. The first-order valence-corrected chi connectivity index (χ1v) is 5.49. The van der Waals surface area contributed by atoms with Crippen LogP contribution in [0.4, 0.5) is 0 Å². The van der Waals surface area contributed by atoms with Crippen molar-refractivity contribution in [1.82, 2.24) is 14.9 Å². The van der Waals surface area contributed by atoms with Gasteiger partial charge in [0.15, 0.2) is 0 Å². The fourth-order valence-corrected chi connectivity index (χ4v) is 1.84. The Morgan fingerprint density at radius 3 is 2.41 bits per heavy atom. The predicted molar refractivity (Wildman–Crippen MR) is 73.8 cm³/mol. The Kier molecular flexibility index (Phi) is 7.63. The summed E-state index contributed by atoms with van der Waals surface area (Å²) in [4.78, 5) is 11.0. The van der Waals surface area contributed by atoms with E-state index in [0.29, 0.717) is 6.04 Å². The van der Waals surface area contributed by atoms with Crippen molar-refractivity contribution in [1.29, 1.82) is 0 Å². The zero-order valence-corrected chi connectivity index (χ0v) is 11.6. The summed E-state index contributed by atoms with van der Waals surface area (Å²) in [7, 11) is 0. The lowest BCUT2D eigenvalue weighted by Gasteiger charge is -2.29. The van der Waals surface area contributed by atoms with E-state index in [9.17, 15) is 0 Å². The molecule has 1 saturated heterocycles. The molecule has 1 aromatic heterocycles. The van der Waals surface area contributed by atoms with Crippen LogP contribution in [0.5, 0.6) is 0 Å². The van der Waals surface area contributed by atoms with Crippen molar-refractivity contribution in [3.63, 3.8) is 0 Å². The normalized spacial score (nSPS) is 17.1. The number of piperidine rings is 1. The first-order chi connectivity index (χ1) is 7.24. The van der Waals surface area contributed by atoms with E-state index in [4.69, 9.17) is 5.73 Å². The van der Waals surface area contributed by atoms with Crippen LogP contribution in [0, 0.1) is 6.92 Å². The van der Waals surface area contributed by atoms with Crippen molar-refractivity contribution >= 4 is 24.8 Å². The van der Waals surface area contributed by atoms with Crippen LogP contribution in [0.3, 0.4) is 0 Å². The minimum atomic E-state index is 0. The third-order valence-corrected chi connectivity index (χ3v) is 2.85. The summed E-state index contributed by atoms with van der Waals surface area (Å²) in [6.07, 6.45) is 5.88. The second-order valence-corrected chi connectivity index (χ2v) is 4.26. The van der Waals surface area contributed by atoms with Crippen LogP contribution < -0.4 is 5.73 Å². The number of likely N-dealkylation sites (tertiary alicyclic amines) is 1.